The lowest BCUT2D eigenvalue weighted by Gasteiger charge is -2.32. The second-order valence-electron chi connectivity index (χ2n) is 10.9. The Balaban J connectivity index is 1.25. The molecule has 5 heterocycles. The molecule has 2 aliphatic rings. The first kappa shape index (κ1) is 28.1. The molecule has 0 bridgehead atoms. The fourth-order valence-electron chi connectivity index (χ4n) is 5.32. The van der Waals surface area contributed by atoms with Crippen LogP contribution in [-0.4, -0.2) is 63.7 Å². The quantitative estimate of drug-likeness (QED) is 0.258. The fraction of sp³-hybridized carbons (Fsp3) is 0.429. The van der Waals surface area contributed by atoms with Crippen molar-refractivity contribution >= 4 is 50.1 Å². The van der Waals surface area contributed by atoms with Crippen LogP contribution in [0, 0.1) is 5.92 Å². The monoisotopic (exact) mass is 613 g/mol. The summed E-state index contributed by atoms with van der Waals surface area (Å²) in [5, 5.41) is 8.13. The zero-order valence-corrected chi connectivity index (χ0v) is 25.1. The summed E-state index contributed by atoms with van der Waals surface area (Å²) in [6.07, 6.45) is 11.7. The lowest BCUT2D eigenvalue weighted by molar-refractivity contribution is 0.0908. The molecular weight excluding hydrogens is 582 g/mol. The summed E-state index contributed by atoms with van der Waals surface area (Å²) in [6.45, 7) is 4.94. The van der Waals surface area contributed by atoms with Gasteiger partial charge < -0.3 is 10.2 Å². The Morgan fingerprint density at radius 3 is 2.73 bits per heavy atom. The normalized spacial score (nSPS) is 17.8. The number of rotatable bonds is 10. The number of hydrogen-bond acceptors (Lipinski definition) is 8. The van der Waals surface area contributed by atoms with Crippen LogP contribution in [0.4, 0.5) is 5.69 Å². The topological polar surface area (TPSA) is 122 Å². The van der Waals surface area contributed by atoms with Crippen LogP contribution in [0.2, 0.25) is 5.02 Å². The van der Waals surface area contributed by atoms with E-state index in [1.165, 1.54) is 17.8 Å². The Hall–Kier alpha value is -3.06. The number of thiazole rings is 1. The molecule has 1 saturated carbocycles. The molecule has 4 aromatic rings. The zero-order chi connectivity index (χ0) is 28.6. The van der Waals surface area contributed by atoms with Crippen LogP contribution in [-0.2, 0) is 10.0 Å². The molecule has 0 radical (unpaired) electrons. The Bertz CT molecular complexity index is 1660. The maximum absolute atomic E-state index is 13.6. The van der Waals surface area contributed by atoms with Gasteiger partial charge in [-0.15, -0.1) is 11.3 Å². The van der Waals surface area contributed by atoms with Gasteiger partial charge >= 0.3 is 0 Å². The molecule has 41 heavy (non-hydrogen) atoms. The number of fused-ring (bicyclic) bond motifs is 1. The molecule has 13 heteroatoms. The van der Waals surface area contributed by atoms with Crippen LogP contribution in [0.5, 0.6) is 0 Å². The number of piperidine rings is 1. The number of hydrogen-bond donors (Lipinski definition) is 2. The van der Waals surface area contributed by atoms with Crippen molar-refractivity contribution in [2.24, 2.45) is 5.92 Å². The van der Waals surface area contributed by atoms with E-state index in [1.54, 1.807) is 47.5 Å². The smallest absolute Gasteiger partial charge is 0.280 e. The van der Waals surface area contributed by atoms with Crippen LogP contribution < -0.4 is 10.0 Å². The van der Waals surface area contributed by atoms with E-state index in [0.29, 0.717) is 34.3 Å². The van der Waals surface area contributed by atoms with Gasteiger partial charge in [0.25, 0.3) is 5.91 Å². The minimum absolute atomic E-state index is 0.0148. The fourth-order valence-corrected chi connectivity index (χ4v) is 7.70. The van der Waals surface area contributed by atoms with Gasteiger partial charge in [0, 0.05) is 35.7 Å². The number of nitrogens with zero attached hydrogens (tertiary/aromatic N) is 5. The number of aromatic nitrogens is 4. The molecule has 1 saturated heterocycles. The zero-order valence-electron chi connectivity index (χ0n) is 22.7. The van der Waals surface area contributed by atoms with Crippen molar-refractivity contribution in [3.05, 3.63) is 64.8 Å². The van der Waals surface area contributed by atoms with Crippen molar-refractivity contribution in [3.63, 3.8) is 0 Å². The van der Waals surface area contributed by atoms with Crippen LogP contribution in [0.25, 0.3) is 16.0 Å². The third-order valence-electron chi connectivity index (χ3n) is 7.62. The largest absolute Gasteiger partial charge is 0.341 e. The van der Waals surface area contributed by atoms with Crippen molar-refractivity contribution < 1.29 is 13.2 Å². The molecule has 4 aromatic heterocycles. The number of pyridine rings is 2. The first-order valence-electron chi connectivity index (χ1n) is 13.9. The van der Waals surface area contributed by atoms with Crippen LogP contribution in [0.1, 0.15) is 60.6 Å². The van der Waals surface area contributed by atoms with Gasteiger partial charge in [0.2, 0.25) is 10.0 Å². The Labute approximate surface area is 248 Å². The summed E-state index contributed by atoms with van der Waals surface area (Å²) >= 11 is 7.49. The molecule has 1 aliphatic carbocycles. The van der Waals surface area contributed by atoms with E-state index in [9.17, 15) is 13.2 Å². The summed E-state index contributed by atoms with van der Waals surface area (Å²) in [6, 6.07) is 6.53. The molecule has 0 unspecified atom stereocenters. The number of carbonyl (C=O) groups excluding carboxylic acids is 1. The molecule has 2 N–H and O–H groups in total. The van der Waals surface area contributed by atoms with E-state index in [1.807, 2.05) is 6.07 Å². The maximum atomic E-state index is 13.6. The standard InChI is InChI=1S/C28H32ClN7O3S2/c1-18(17-35-10-3-2-4-11-35)26(23-14-20(7-9-30-23)34-41(38,39)21-5-6-21)33-27(37)28-31-16-25(40-28)22-15-32-36-12-8-19(29)13-24(22)36/h7-9,12-16,18,21,26H,2-6,10-11,17H2,1H3,(H,30,34)(H,33,37)/t18-,26-/m0/s1. The van der Waals surface area contributed by atoms with E-state index >= 15 is 0 Å². The molecule has 1 amide bonds. The Morgan fingerprint density at radius 2 is 1.95 bits per heavy atom. The van der Waals surface area contributed by atoms with Crippen LogP contribution in [0.15, 0.2) is 49.1 Å². The molecule has 0 spiro atoms. The van der Waals surface area contributed by atoms with Gasteiger partial charge in [-0.05, 0) is 69.0 Å². The van der Waals surface area contributed by atoms with Gasteiger partial charge in [-0.25, -0.2) is 17.9 Å². The molecule has 6 rings (SSSR count). The highest BCUT2D eigenvalue weighted by Gasteiger charge is 2.36. The van der Waals surface area contributed by atoms with E-state index in [2.05, 4.69) is 36.9 Å². The molecular formula is C28H32ClN7O3S2. The minimum atomic E-state index is -3.43. The molecule has 0 aromatic carbocycles. The number of nitrogens with one attached hydrogen (secondary N) is 2. The van der Waals surface area contributed by atoms with E-state index in [-0.39, 0.29) is 17.1 Å². The van der Waals surface area contributed by atoms with Gasteiger partial charge in [-0.3, -0.25) is 14.5 Å². The number of carbonyl (C=O) groups is 1. The van der Waals surface area contributed by atoms with Gasteiger partial charge in [0.15, 0.2) is 5.01 Å². The molecule has 10 nitrogen and oxygen atoms in total. The van der Waals surface area contributed by atoms with Gasteiger partial charge in [-0.2, -0.15) is 5.10 Å². The predicted octanol–water partition coefficient (Wildman–Crippen LogP) is 5.00. The van der Waals surface area contributed by atoms with Crippen molar-refractivity contribution in [2.75, 3.05) is 24.4 Å². The molecule has 1 aliphatic heterocycles. The first-order valence-corrected chi connectivity index (χ1v) is 16.6. The van der Waals surface area contributed by atoms with Crippen molar-refractivity contribution in [1.82, 2.24) is 29.8 Å². The highest BCUT2D eigenvalue weighted by molar-refractivity contribution is 7.93. The number of sulfonamides is 1. The second-order valence-corrected chi connectivity index (χ2v) is 14.3. The van der Waals surface area contributed by atoms with Crippen molar-refractivity contribution in [2.45, 2.75) is 50.3 Å². The average molecular weight is 614 g/mol. The molecule has 2 fully saturated rings. The molecule has 2 atom stereocenters. The summed E-state index contributed by atoms with van der Waals surface area (Å²) in [5.41, 5.74) is 2.73. The summed E-state index contributed by atoms with van der Waals surface area (Å²) < 4.78 is 29.6. The van der Waals surface area contributed by atoms with Gasteiger partial charge in [-0.1, -0.05) is 24.9 Å². The average Bonchev–Trinajstić information content (AvgIpc) is 3.58. The van der Waals surface area contributed by atoms with Crippen molar-refractivity contribution in [1.29, 1.82) is 0 Å². The highest BCUT2D eigenvalue weighted by Crippen LogP contribution is 2.33. The van der Waals surface area contributed by atoms with Gasteiger partial charge in [0.05, 0.1) is 39.3 Å². The van der Waals surface area contributed by atoms with E-state index < -0.39 is 16.1 Å². The minimum Gasteiger partial charge on any atom is -0.341 e. The number of anilines is 1. The highest BCUT2D eigenvalue weighted by atomic mass is 35.5. The number of likely N-dealkylation sites (tertiary alicyclic amines) is 1. The lowest BCUT2D eigenvalue weighted by Crippen LogP contribution is -2.40. The van der Waals surface area contributed by atoms with Crippen LogP contribution in [0.3, 0.4) is 0 Å². The number of halogens is 1. The first-order chi connectivity index (χ1) is 19.8. The lowest BCUT2D eigenvalue weighted by atomic mass is 9.96. The predicted molar refractivity (Wildman–Crippen MR) is 161 cm³/mol. The third kappa shape index (κ3) is 6.40. The molecule has 216 valence electrons. The summed E-state index contributed by atoms with van der Waals surface area (Å²) in [5.74, 6) is -0.293. The third-order valence-corrected chi connectivity index (χ3v) is 10.8. The Kier molecular flexibility index (Phi) is 7.99. The van der Waals surface area contributed by atoms with E-state index in [4.69, 9.17) is 11.6 Å². The Morgan fingerprint density at radius 1 is 1.15 bits per heavy atom. The van der Waals surface area contributed by atoms with Gasteiger partial charge in [0.1, 0.15) is 0 Å². The maximum Gasteiger partial charge on any atom is 0.280 e. The summed E-state index contributed by atoms with van der Waals surface area (Å²) in [4.78, 5) is 25.8. The second kappa shape index (κ2) is 11.7. The van der Waals surface area contributed by atoms with Crippen molar-refractivity contribution in [3.8, 4) is 10.4 Å². The number of amides is 1. The SMILES string of the molecule is C[C@@H](CN1CCCCC1)[C@H](NC(=O)c1ncc(-c2cnn3ccc(Cl)cc23)s1)c1cc(NS(=O)(=O)C2CC2)ccn1. The summed E-state index contributed by atoms with van der Waals surface area (Å²) in [7, 11) is -3.43. The van der Waals surface area contributed by atoms with Crippen LogP contribution >= 0.6 is 22.9 Å². The van der Waals surface area contributed by atoms with E-state index in [0.717, 1.165) is 48.4 Å².